The second kappa shape index (κ2) is 7.55. The molecule has 0 fully saturated rings. The number of ether oxygens (including phenoxy) is 1. The van der Waals surface area contributed by atoms with Crippen LogP contribution in [0.2, 0.25) is 0 Å². The highest BCUT2D eigenvalue weighted by Gasteiger charge is 2.09. The van der Waals surface area contributed by atoms with Crippen LogP contribution in [0.1, 0.15) is 6.92 Å². The first-order valence-corrected chi connectivity index (χ1v) is 4.33. The zero-order valence-electron chi connectivity index (χ0n) is 8.16. The number of nitrogens with zero attached hydrogens (tertiary/aromatic N) is 1. The van der Waals surface area contributed by atoms with E-state index in [-0.39, 0.29) is 12.5 Å². The summed E-state index contributed by atoms with van der Waals surface area (Å²) in [5.74, 6) is -0.0262. The topological polar surface area (TPSA) is 29.5 Å². The van der Waals surface area contributed by atoms with Crippen LogP contribution in [0.25, 0.3) is 0 Å². The largest absolute Gasteiger partial charge is 0.372 e. The first-order valence-electron chi connectivity index (χ1n) is 4.33. The van der Waals surface area contributed by atoms with Crippen LogP contribution in [0, 0.1) is 0 Å². The van der Waals surface area contributed by atoms with E-state index in [1.807, 2.05) is 6.92 Å². The lowest BCUT2D eigenvalue weighted by Gasteiger charge is -2.18. The van der Waals surface area contributed by atoms with E-state index in [0.717, 1.165) is 0 Å². The van der Waals surface area contributed by atoms with Gasteiger partial charge in [-0.1, -0.05) is 12.2 Å². The minimum atomic E-state index is -0.0262. The molecule has 0 heterocycles. The maximum atomic E-state index is 11.4. The number of rotatable bonds is 7. The number of amides is 1. The average molecular weight is 183 g/mol. The quantitative estimate of drug-likeness (QED) is 0.555. The third kappa shape index (κ3) is 5.20. The van der Waals surface area contributed by atoms with Gasteiger partial charge in [-0.3, -0.25) is 4.79 Å². The molecule has 0 unspecified atom stereocenters. The summed E-state index contributed by atoms with van der Waals surface area (Å²) in [5.41, 5.74) is 0. The molecule has 74 valence electrons. The van der Waals surface area contributed by atoms with Crippen molar-refractivity contribution in [2.75, 3.05) is 26.3 Å². The molecule has 3 nitrogen and oxygen atoms in total. The van der Waals surface area contributed by atoms with E-state index in [0.29, 0.717) is 19.7 Å². The lowest BCUT2D eigenvalue weighted by atomic mass is 10.4. The van der Waals surface area contributed by atoms with Gasteiger partial charge in [0.2, 0.25) is 5.91 Å². The van der Waals surface area contributed by atoms with Gasteiger partial charge < -0.3 is 9.64 Å². The number of hydrogen-bond donors (Lipinski definition) is 0. The van der Waals surface area contributed by atoms with Crippen LogP contribution in [0.4, 0.5) is 0 Å². The molecule has 0 bridgehead atoms. The monoisotopic (exact) mass is 183 g/mol. The van der Waals surface area contributed by atoms with Crippen LogP contribution >= 0.6 is 0 Å². The van der Waals surface area contributed by atoms with Crippen molar-refractivity contribution in [2.45, 2.75) is 6.92 Å². The van der Waals surface area contributed by atoms with Crippen molar-refractivity contribution in [1.29, 1.82) is 0 Å². The second-order valence-corrected chi connectivity index (χ2v) is 2.51. The predicted molar refractivity (Wildman–Crippen MR) is 53.5 cm³/mol. The minimum Gasteiger partial charge on any atom is -0.372 e. The molecule has 0 saturated heterocycles. The molecule has 0 aliphatic carbocycles. The van der Waals surface area contributed by atoms with Crippen LogP contribution in [0.5, 0.6) is 0 Å². The first-order chi connectivity index (χ1) is 6.26. The lowest BCUT2D eigenvalue weighted by Crippen LogP contribution is -2.34. The van der Waals surface area contributed by atoms with Gasteiger partial charge in [0.05, 0.1) is 0 Å². The van der Waals surface area contributed by atoms with Crippen molar-refractivity contribution in [1.82, 2.24) is 4.90 Å². The summed E-state index contributed by atoms with van der Waals surface area (Å²) in [6.07, 6.45) is 3.38. The van der Waals surface area contributed by atoms with Crippen LogP contribution in [-0.4, -0.2) is 37.1 Å². The standard InChI is InChI=1S/C10H17NO2/c1-4-7-11(8-5-2)10(12)9-13-6-3/h4-5H,1-2,6-9H2,3H3. The van der Waals surface area contributed by atoms with Crippen LogP contribution < -0.4 is 0 Å². The Labute approximate surface area is 79.7 Å². The van der Waals surface area contributed by atoms with E-state index >= 15 is 0 Å². The van der Waals surface area contributed by atoms with Crippen molar-refractivity contribution >= 4 is 5.91 Å². The van der Waals surface area contributed by atoms with E-state index in [9.17, 15) is 4.79 Å². The summed E-state index contributed by atoms with van der Waals surface area (Å²) in [4.78, 5) is 13.0. The molecule has 0 radical (unpaired) electrons. The average Bonchev–Trinajstić information content (AvgIpc) is 2.14. The van der Waals surface area contributed by atoms with Gasteiger partial charge >= 0.3 is 0 Å². The van der Waals surface area contributed by atoms with E-state index < -0.39 is 0 Å². The summed E-state index contributed by atoms with van der Waals surface area (Å²) in [6.45, 7) is 10.8. The maximum absolute atomic E-state index is 11.4. The predicted octanol–water partition coefficient (Wildman–Crippen LogP) is 1.22. The molecule has 0 saturated carbocycles. The Hall–Kier alpha value is -1.09. The molecular formula is C10H17NO2. The Kier molecular flexibility index (Phi) is 6.92. The summed E-state index contributed by atoms with van der Waals surface area (Å²) in [5, 5.41) is 0. The summed E-state index contributed by atoms with van der Waals surface area (Å²) in [7, 11) is 0. The molecule has 0 aromatic heterocycles. The van der Waals surface area contributed by atoms with Crippen molar-refractivity contribution in [3.05, 3.63) is 25.3 Å². The SMILES string of the molecule is C=CCN(CC=C)C(=O)COCC. The summed E-state index contributed by atoms with van der Waals surface area (Å²) < 4.78 is 5.01. The van der Waals surface area contributed by atoms with Gasteiger partial charge in [-0.2, -0.15) is 0 Å². The van der Waals surface area contributed by atoms with E-state index in [1.54, 1.807) is 17.1 Å². The van der Waals surface area contributed by atoms with Gasteiger partial charge in [0.1, 0.15) is 6.61 Å². The molecule has 0 aromatic rings. The molecule has 0 spiro atoms. The van der Waals surface area contributed by atoms with Gasteiger partial charge in [0, 0.05) is 19.7 Å². The Morgan fingerprint density at radius 1 is 1.38 bits per heavy atom. The smallest absolute Gasteiger partial charge is 0.249 e. The Morgan fingerprint density at radius 2 is 1.92 bits per heavy atom. The Balaban J connectivity index is 3.93. The molecule has 0 N–H and O–H groups in total. The van der Waals surface area contributed by atoms with Crippen LogP contribution in [0.3, 0.4) is 0 Å². The number of carbonyl (C=O) groups excluding carboxylic acids is 1. The Bertz CT molecular complexity index is 168. The Morgan fingerprint density at radius 3 is 2.31 bits per heavy atom. The number of hydrogen-bond acceptors (Lipinski definition) is 2. The zero-order valence-corrected chi connectivity index (χ0v) is 8.16. The highest BCUT2D eigenvalue weighted by Crippen LogP contribution is 1.92. The van der Waals surface area contributed by atoms with Crippen LogP contribution in [-0.2, 0) is 9.53 Å². The fourth-order valence-electron chi connectivity index (χ4n) is 0.871. The molecule has 0 rings (SSSR count). The highest BCUT2D eigenvalue weighted by molar-refractivity contribution is 5.77. The van der Waals surface area contributed by atoms with E-state index in [4.69, 9.17) is 4.74 Å². The lowest BCUT2D eigenvalue weighted by molar-refractivity contribution is -0.134. The van der Waals surface area contributed by atoms with Crippen LogP contribution in [0.15, 0.2) is 25.3 Å². The first kappa shape index (κ1) is 11.9. The maximum Gasteiger partial charge on any atom is 0.249 e. The molecule has 3 heteroatoms. The van der Waals surface area contributed by atoms with Crippen molar-refractivity contribution < 1.29 is 9.53 Å². The summed E-state index contributed by atoms with van der Waals surface area (Å²) in [6, 6.07) is 0. The molecule has 0 aromatic carbocycles. The van der Waals surface area contributed by atoms with Crippen molar-refractivity contribution in [2.24, 2.45) is 0 Å². The van der Waals surface area contributed by atoms with Gasteiger partial charge in [-0.15, -0.1) is 13.2 Å². The van der Waals surface area contributed by atoms with Gasteiger partial charge in [-0.05, 0) is 6.92 Å². The number of carbonyl (C=O) groups is 1. The fraction of sp³-hybridized carbons (Fsp3) is 0.500. The minimum absolute atomic E-state index is 0.0262. The van der Waals surface area contributed by atoms with E-state index in [2.05, 4.69) is 13.2 Å². The second-order valence-electron chi connectivity index (χ2n) is 2.51. The van der Waals surface area contributed by atoms with Gasteiger partial charge in [0.15, 0.2) is 0 Å². The molecule has 1 amide bonds. The van der Waals surface area contributed by atoms with Gasteiger partial charge in [-0.25, -0.2) is 0 Å². The van der Waals surface area contributed by atoms with Crippen molar-refractivity contribution in [3.63, 3.8) is 0 Å². The highest BCUT2D eigenvalue weighted by atomic mass is 16.5. The van der Waals surface area contributed by atoms with E-state index in [1.165, 1.54) is 0 Å². The molecule has 0 aliphatic rings. The normalized spacial score (nSPS) is 9.31. The zero-order chi connectivity index (χ0) is 10.1. The molecule has 0 aliphatic heterocycles. The molecule has 13 heavy (non-hydrogen) atoms. The van der Waals surface area contributed by atoms with Gasteiger partial charge in [0.25, 0.3) is 0 Å². The fourth-order valence-corrected chi connectivity index (χ4v) is 0.871. The molecule has 0 atom stereocenters. The summed E-state index contributed by atoms with van der Waals surface area (Å²) >= 11 is 0. The third-order valence-corrected chi connectivity index (χ3v) is 1.48. The third-order valence-electron chi connectivity index (χ3n) is 1.48. The van der Waals surface area contributed by atoms with Crippen molar-refractivity contribution in [3.8, 4) is 0 Å². The molecular weight excluding hydrogens is 166 g/mol.